The van der Waals surface area contributed by atoms with Gasteiger partial charge in [0.2, 0.25) is 0 Å². The number of ether oxygens (including phenoxy) is 1. The molecule has 0 aromatic carbocycles. The summed E-state index contributed by atoms with van der Waals surface area (Å²) in [5, 5.41) is 2.05. The number of hydrogen-bond donors (Lipinski definition) is 0. The van der Waals surface area contributed by atoms with E-state index >= 15 is 0 Å². The van der Waals surface area contributed by atoms with Crippen LogP contribution in [-0.2, 0) is 16.1 Å². The Bertz CT molecular complexity index is 340. The Hall–Kier alpha value is -0.390. The summed E-state index contributed by atoms with van der Waals surface area (Å²) in [6.45, 7) is 3.87. The van der Waals surface area contributed by atoms with Crippen LogP contribution in [0.3, 0.4) is 0 Å². The third-order valence-electron chi connectivity index (χ3n) is 2.11. The van der Waals surface area contributed by atoms with E-state index in [1.54, 1.807) is 11.3 Å². The summed E-state index contributed by atoms with van der Waals surface area (Å²) in [6, 6.07) is 2.04. The lowest BCUT2D eigenvalue weighted by Crippen LogP contribution is -2.21. The van der Waals surface area contributed by atoms with Crippen LogP contribution in [0.2, 0.25) is 0 Å². The van der Waals surface area contributed by atoms with Crippen molar-refractivity contribution >= 4 is 33.2 Å². The maximum absolute atomic E-state index is 11.2. The number of carbonyl (C=O) groups excluding carboxylic acids is 1. The second-order valence-corrected chi connectivity index (χ2v) is 5.34. The number of hydrogen-bond acceptors (Lipinski definition) is 4. The average molecular weight is 306 g/mol. The van der Waals surface area contributed by atoms with Crippen molar-refractivity contribution in [3.05, 3.63) is 20.8 Å². The van der Waals surface area contributed by atoms with Crippen molar-refractivity contribution in [3.63, 3.8) is 0 Å². The van der Waals surface area contributed by atoms with Crippen LogP contribution in [0, 0.1) is 0 Å². The maximum atomic E-state index is 11.2. The van der Waals surface area contributed by atoms with E-state index in [9.17, 15) is 4.79 Å². The molecule has 1 heterocycles. The lowest BCUT2D eigenvalue weighted by molar-refractivity contribution is -0.143. The van der Waals surface area contributed by atoms with Gasteiger partial charge in [0.25, 0.3) is 0 Å². The van der Waals surface area contributed by atoms with Crippen molar-refractivity contribution in [2.24, 2.45) is 0 Å². The Kier molecular flexibility index (Phi) is 6.01. The molecule has 0 atom stereocenters. The summed E-state index contributed by atoms with van der Waals surface area (Å²) >= 11 is 5.21. The molecule has 0 unspecified atom stereocenters. The minimum absolute atomic E-state index is 0.125. The van der Waals surface area contributed by atoms with Gasteiger partial charge in [0.15, 0.2) is 0 Å². The third kappa shape index (κ3) is 4.63. The minimum Gasteiger partial charge on any atom is -0.466 e. The monoisotopic (exact) mass is 305 g/mol. The highest BCUT2D eigenvalue weighted by molar-refractivity contribution is 9.10. The molecule has 0 aliphatic rings. The van der Waals surface area contributed by atoms with Crippen molar-refractivity contribution in [3.8, 4) is 0 Å². The topological polar surface area (TPSA) is 29.5 Å². The Morgan fingerprint density at radius 2 is 2.38 bits per heavy atom. The standard InChI is InChI=1S/C11H16BrNO2S/c1-3-15-11(14)4-6-13(2)8-10-9(12)5-7-16-10/h5,7H,3-4,6,8H2,1-2H3. The Morgan fingerprint density at radius 1 is 1.62 bits per heavy atom. The van der Waals surface area contributed by atoms with Crippen LogP contribution < -0.4 is 0 Å². The van der Waals surface area contributed by atoms with E-state index in [-0.39, 0.29) is 5.97 Å². The van der Waals surface area contributed by atoms with Gasteiger partial charge in [-0.25, -0.2) is 0 Å². The highest BCUT2D eigenvalue weighted by Crippen LogP contribution is 2.23. The van der Waals surface area contributed by atoms with Crippen LogP contribution in [0.4, 0.5) is 0 Å². The molecule has 3 nitrogen and oxygen atoms in total. The predicted molar refractivity (Wildman–Crippen MR) is 69.6 cm³/mol. The van der Waals surface area contributed by atoms with Gasteiger partial charge >= 0.3 is 5.97 Å². The average Bonchev–Trinajstić information content (AvgIpc) is 2.62. The molecule has 5 heteroatoms. The first-order valence-electron chi connectivity index (χ1n) is 5.19. The van der Waals surface area contributed by atoms with E-state index in [1.807, 2.05) is 20.0 Å². The molecule has 16 heavy (non-hydrogen) atoms. The lowest BCUT2D eigenvalue weighted by Gasteiger charge is -2.15. The van der Waals surface area contributed by atoms with Crippen LogP contribution in [-0.4, -0.2) is 31.1 Å². The van der Waals surface area contributed by atoms with Gasteiger partial charge in [0.05, 0.1) is 13.0 Å². The van der Waals surface area contributed by atoms with Gasteiger partial charge in [0, 0.05) is 22.4 Å². The second kappa shape index (κ2) is 7.04. The van der Waals surface area contributed by atoms with Crippen molar-refractivity contribution < 1.29 is 9.53 Å². The molecule has 0 bridgehead atoms. The number of halogens is 1. The molecule has 0 saturated heterocycles. The fourth-order valence-corrected chi connectivity index (χ4v) is 2.83. The van der Waals surface area contributed by atoms with Crippen molar-refractivity contribution in [1.82, 2.24) is 4.90 Å². The molecule has 0 N–H and O–H groups in total. The number of thiophene rings is 1. The Balaban J connectivity index is 2.28. The summed E-state index contributed by atoms with van der Waals surface area (Å²) in [5.41, 5.74) is 0. The first-order valence-corrected chi connectivity index (χ1v) is 6.86. The molecule has 0 radical (unpaired) electrons. The SMILES string of the molecule is CCOC(=O)CCN(C)Cc1sccc1Br. The van der Waals surface area contributed by atoms with Crippen LogP contribution in [0.15, 0.2) is 15.9 Å². The number of rotatable bonds is 6. The zero-order valence-electron chi connectivity index (χ0n) is 9.53. The summed E-state index contributed by atoms with van der Waals surface area (Å²) in [6.07, 6.45) is 0.452. The van der Waals surface area contributed by atoms with E-state index in [1.165, 1.54) is 4.88 Å². The summed E-state index contributed by atoms with van der Waals surface area (Å²) in [7, 11) is 2.01. The fraction of sp³-hybridized carbons (Fsp3) is 0.545. The van der Waals surface area contributed by atoms with Crippen molar-refractivity contribution in [2.75, 3.05) is 20.2 Å². The summed E-state index contributed by atoms with van der Waals surface area (Å²) in [4.78, 5) is 14.6. The van der Waals surface area contributed by atoms with Crippen LogP contribution in [0.25, 0.3) is 0 Å². The van der Waals surface area contributed by atoms with E-state index in [2.05, 4.69) is 26.2 Å². The van der Waals surface area contributed by atoms with Gasteiger partial charge in [-0.05, 0) is 41.3 Å². The quantitative estimate of drug-likeness (QED) is 0.757. The molecule has 1 rings (SSSR count). The zero-order valence-corrected chi connectivity index (χ0v) is 11.9. The highest BCUT2D eigenvalue weighted by Gasteiger charge is 2.08. The van der Waals surface area contributed by atoms with Crippen molar-refractivity contribution in [2.45, 2.75) is 19.9 Å². The molecule has 0 spiro atoms. The predicted octanol–water partition coefficient (Wildman–Crippen LogP) is 2.90. The molecule has 0 aliphatic carbocycles. The first-order chi connectivity index (χ1) is 7.63. The van der Waals surface area contributed by atoms with Gasteiger partial charge in [0.1, 0.15) is 0 Å². The normalized spacial score (nSPS) is 10.8. The third-order valence-corrected chi connectivity index (χ3v) is 4.02. The largest absolute Gasteiger partial charge is 0.466 e. The van der Waals surface area contributed by atoms with Gasteiger partial charge in [-0.15, -0.1) is 11.3 Å². The molecular formula is C11H16BrNO2S. The molecule has 1 aromatic rings. The van der Waals surface area contributed by atoms with Crippen molar-refractivity contribution in [1.29, 1.82) is 0 Å². The molecule has 0 amide bonds. The first kappa shape index (κ1) is 13.7. The summed E-state index contributed by atoms with van der Waals surface area (Å²) in [5.74, 6) is -0.125. The minimum atomic E-state index is -0.125. The molecule has 0 saturated carbocycles. The van der Waals surface area contributed by atoms with Gasteiger partial charge in [-0.1, -0.05) is 0 Å². The Labute approximate surface area is 109 Å². The van der Waals surface area contributed by atoms with Gasteiger partial charge < -0.3 is 9.64 Å². The summed E-state index contributed by atoms with van der Waals surface area (Å²) < 4.78 is 6.02. The van der Waals surface area contributed by atoms with E-state index in [0.29, 0.717) is 13.0 Å². The van der Waals surface area contributed by atoms with Crippen LogP contribution >= 0.6 is 27.3 Å². The van der Waals surface area contributed by atoms with Crippen LogP contribution in [0.5, 0.6) is 0 Å². The number of carbonyl (C=O) groups is 1. The molecule has 0 aliphatic heterocycles. The Morgan fingerprint density at radius 3 is 2.94 bits per heavy atom. The van der Waals surface area contributed by atoms with Crippen LogP contribution in [0.1, 0.15) is 18.2 Å². The zero-order chi connectivity index (χ0) is 12.0. The second-order valence-electron chi connectivity index (χ2n) is 3.48. The number of nitrogens with zero attached hydrogens (tertiary/aromatic N) is 1. The molecule has 0 fully saturated rings. The maximum Gasteiger partial charge on any atom is 0.307 e. The smallest absolute Gasteiger partial charge is 0.307 e. The lowest BCUT2D eigenvalue weighted by atomic mass is 10.3. The number of esters is 1. The van der Waals surface area contributed by atoms with E-state index in [4.69, 9.17) is 4.74 Å². The van der Waals surface area contributed by atoms with E-state index < -0.39 is 0 Å². The van der Waals surface area contributed by atoms with Gasteiger partial charge in [-0.3, -0.25) is 4.79 Å². The molecular weight excluding hydrogens is 290 g/mol. The fourth-order valence-electron chi connectivity index (χ4n) is 1.28. The van der Waals surface area contributed by atoms with Gasteiger partial charge in [-0.2, -0.15) is 0 Å². The highest BCUT2D eigenvalue weighted by atomic mass is 79.9. The molecule has 1 aromatic heterocycles. The molecule has 90 valence electrons. The van der Waals surface area contributed by atoms with E-state index in [0.717, 1.165) is 17.6 Å².